The van der Waals surface area contributed by atoms with Gasteiger partial charge in [0.2, 0.25) is 15.9 Å². The maximum Gasteiger partial charge on any atom is 0.241 e. The molecule has 2 aromatic carbocycles. The highest BCUT2D eigenvalue weighted by atomic mass is 32.2. The van der Waals surface area contributed by atoms with Crippen LogP contribution in [-0.2, 0) is 14.8 Å². The van der Waals surface area contributed by atoms with Gasteiger partial charge >= 0.3 is 0 Å². The Bertz CT molecular complexity index is 932. The Kier molecular flexibility index (Phi) is 4.86. The first-order valence-corrected chi connectivity index (χ1v) is 9.82. The minimum atomic E-state index is -3.75. The number of rotatable bonds is 4. The van der Waals surface area contributed by atoms with Gasteiger partial charge in [0.15, 0.2) is 0 Å². The third-order valence-corrected chi connectivity index (χ3v) is 6.28. The summed E-state index contributed by atoms with van der Waals surface area (Å²) in [5.41, 5.74) is 2.91. The number of sulfonamides is 1. The molecule has 1 atom stereocenters. The molecule has 0 aromatic heterocycles. The number of nitrogens with zero attached hydrogens (tertiary/aromatic N) is 1. The molecule has 1 amide bonds. The van der Waals surface area contributed by atoms with E-state index in [1.165, 1.54) is 29.2 Å². The van der Waals surface area contributed by atoms with Crippen LogP contribution < -0.4 is 9.62 Å². The zero-order chi connectivity index (χ0) is 19.1. The number of hydrogen-bond acceptors (Lipinski definition) is 3. The molecule has 0 saturated carbocycles. The van der Waals surface area contributed by atoms with Crippen LogP contribution in [-0.4, -0.2) is 26.9 Å². The van der Waals surface area contributed by atoms with Gasteiger partial charge in [-0.05, 0) is 56.2 Å². The third kappa shape index (κ3) is 3.64. The predicted molar refractivity (Wildman–Crippen MR) is 98.1 cm³/mol. The maximum absolute atomic E-state index is 13.1. The number of carbonyl (C=O) groups is 1. The van der Waals surface area contributed by atoms with Gasteiger partial charge in [0.1, 0.15) is 5.82 Å². The third-order valence-electron chi connectivity index (χ3n) is 4.46. The van der Waals surface area contributed by atoms with E-state index >= 15 is 0 Å². The molecule has 0 aliphatic carbocycles. The van der Waals surface area contributed by atoms with E-state index in [4.69, 9.17) is 0 Å². The van der Waals surface area contributed by atoms with E-state index in [0.29, 0.717) is 16.8 Å². The Morgan fingerprint density at radius 1 is 1.08 bits per heavy atom. The molecule has 0 radical (unpaired) electrons. The monoisotopic (exact) mass is 376 g/mol. The minimum Gasteiger partial charge on any atom is -0.311 e. The van der Waals surface area contributed by atoms with Crippen molar-refractivity contribution in [2.24, 2.45) is 0 Å². The summed E-state index contributed by atoms with van der Waals surface area (Å²) in [6.45, 7) is 5.66. The Morgan fingerprint density at radius 2 is 1.65 bits per heavy atom. The van der Waals surface area contributed by atoms with Crippen LogP contribution in [0.3, 0.4) is 0 Å². The molecule has 3 rings (SSSR count). The SMILES string of the molecule is Cc1cc(C)c(S(=O)(=O)NC2CC(=O)N(c3ccc(F)cc3)C2)c(C)c1. The van der Waals surface area contributed by atoms with E-state index in [1.54, 1.807) is 13.8 Å². The zero-order valence-electron chi connectivity index (χ0n) is 14.9. The number of benzene rings is 2. The van der Waals surface area contributed by atoms with Crippen molar-refractivity contribution < 1.29 is 17.6 Å². The van der Waals surface area contributed by atoms with Crippen molar-refractivity contribution >= 4 is 21.6 Å². The van der Waals surface area contributed by atoms with Gasteiger partial charge in [0.05, 0.1) is 4.90 Å². The molecule has 1 aliphatic heterocycles. The van der Waals surface area contributed by atoms with Crippen LogP contribution in [0.25, 0.3) is 0 Å². The molecule has 0 spiro atoms. The quantitative estimate of drug-likeness (QED) is 0.892. The van der Waals surface area contributed by atoms with Crippen molar-refractivity contribution in [3.63, 3.8) is 0 Å². The van der Waals surface area contributed by atoms with E-state index < -0.39 is 16.1 Å². The summed E-state index contributed by atoms with van der Waals surface area (Å²) in [4.78, 5) is 14.0. The molecule has 26 heavy (non-hydrogen) atoms. The average molecular weight is 376 g/mol. The van der Waals surface area contributed by atoms with Crippen LogP contribution in [0.2, 0.25) is 0 Å². The Labute approximate surface area is 152 Å². The number of carbonyl (C=O) groups excluding carboxylic acids is 1. The summed E-state index contributed by atoms with van der Waals surface area (Å²) in [7, 11) is -3.75. The van der Waals surface area contributed by atoms with Crippen LogP contribution >= 0.6 is 0 Å². The van der Waals surface area contributed by atoms with E-state index in [9.17, 15) is 17.6 Å². The highest BCUT2D eigenvalue weighted by molar-refractivity contribution is 7.89. The molecule has 0 bridgehead atoms. The van der Waals surface area contributed by atoms with Gasteiger partial charge in [-0.15, -0.1) is 0 Å². The van der Waals surface area contributed by atoms with Crippen LogP contribution in [0.5, 0.6) is 0 Å². The van der Waals surface area contributed by atoms with Gasteiger partial charge in [-0.1, -0.05) is 17.7 Å². The second kappa shape index (κ2) is 6.81. The Balaban J connectivity index is 1.81. The molecule has 7 heteroatoms. The van der Waals surface area contributed by atoms with Crippen molar-refractivity contribution in [3.05, 3.63) is 58.9 Å². The van der Waals surface area contributed by atoms with Gasteiger partial charge in [0.25, 0.3) is 0 Å². The van der Waals surface area contributed by atoms with Crippen LogP contribution in [0.1, 0.15) is 23.1 Å². The van der Waals surface area contributed by atoms with E-state index in [2.05, 4.69) is 4.72 Å². The first-order chi connectivity index (χ1) is 12.2. The zero-order valence-corrected chi connectivity index (χ0v) is 15.7. The minimum absolute atomic E-state index is 0.0700. The first kappa shape index (κ1) is 18.5. The lowest BCUT2D eigenvalue weighted by atomic mass is 10.1. The fourth-order valence-corrected chi connectivity index (χ4v) is 5.21. The van der Waals surface area contributed by atoms with Gasteiger partial charge in [0, 0.05) is 24.7 Å². The lowest BCUT2D eigenvalue weighted by Gasteiger charge is -2.18. The molecule has 1 heterocycles. The van der Waals surface area contributed by atoms with Gasteiger partial charge < -0.3 is 4.90 Å². The number of halogens is 1. The predicted octanol–water partition coefficient (Wildman–Crippen LogP) is 2.83. The lowest BCUT2D eigenvalue weighted by molar-refractivity contribution is -0.117. The number of amides is 1. The van der Waals surface area contributed by atoms with Crippen LogP contribution in [0.15, 0.2) is 41.3 Å². The maximum atomic E-state index is 13.1. The number of anilines is 1. The summed E-state index contributed by atoms with van der Waals surface area (Å²) in [5.74, 6) is -0.579. The van der Waals surface area contributed by atoms with Crippen molar-refractivity contribution in [1.29, 1.82) is 0 Å². The van der Waals surface area contributed by atoms with Gasteiger partial charge in [-0.25, -0.2) is 17.5 Å². The van der Waals surface area contributed by atoms with Gasteiger partial charge in [-0.3, -0.25) is 4.79 Å². The molecule has 138 valence electrons. The van der Waals surface area contributed by atoms with Crippen molar-refractivity contribution in [2.45, 2.75) is 38.1 Å². The summed E-state index contributed by atoms with van der Waals surface area (Å²) in [5, 5.41) is 0. The lowest BCUT2D eigenvalue weighted by Crippen LogP contribution is -2.37. The second-order valence-electron chi connectivity index (χ2n) is 6.73. The first-order valence-electron chi connectivity index (χ1n) is 8.33. The summed E-state index contributed by atoms with van der Waals surface area (Å²) in [6, 6.07) is 8.70. The fraction of sp³-hybridized carbons (Fsp3) is 0.316. The molecular formula is C19H21FN2O3S. The molecule has 1 aliphatic rings. The Hall–Kier alpha value is -2.25. The summed E-state index contributed by atoms with van der Waals surface area (Å²) >= 11 is 0. The molecule has 2 aromatic rings. The summed E-state index contributed by atoms with van der Waals surface area (Å²) < 4.78 is 41.4. The smallest absolute Gasteiger partial charge is 0.241 e. The number of aryl methyl sites for hydroxylation is 3. The van der Waals surface area contributed by atoms with Crippen molar-refractivity contribution in [1.82, 2.24) is 4.72 Å². The molecule has 5 nitrogen and oxygen atoms in total. The number of nitrogens with one attached hydrogen (secondary N) is 1. The standard InChI is InChI=1S/C19H21FN2O3S/c1-12-8-13(2)19(14(3)9-12)26(24,25)21-16-10-18(23)22(11-16)17-6-4-15(20)5-7-17/h4-9,16,21H,10-11H2,1-3H3. The average Bonchev–Trinajstić information content (AvgIpc) is 2.86. The topological polar surface area (TPSA) is 66.5 Å². The second-order valence-corrected chi connectivity index (χ2v) is 8.38. The van der Waals surface area contributed by atoms with E-state index in [-0.39, 0.29) is 29.6 Å². The van der Waals surface area contributed by atoms with Gasteiger partial charge in [-0.2, -0.15) is 0 Å². The van der Waals surface area contributed by atoms with E-state index in [1.807, 2.05) is 19.1 Å². The fourth-order valence-electron chi connectivity index (χ4n) is 3.53. The molecule has 1 N–H and O–H groups in total. The number of hydrogen-bond donors (Lipinski definition) is 1. The van der Waals surface area contributed by atoms with Crippen molar-refractivity contribution in [2.75, 3.05) is 11.4 Å². The van der Waals surface area contributed by atoms with Crippen LogP contribution in [0.4, 0.5) is 10.1 Å². The van der Waals surface area contributed by atoms with Crippen LogP contribution in [0, 0.1) is 26.6 Å². The largest absolute Gasteiger partial charge is 0.311 e. The highest BCUT2D eigenvalue weighted by Gasteiger charge is 2.34. The molecule has 1 fully saturated rings. The molecule has 1 unspecified atom stereocenters. The summed E-state index contributed by atoms with van der Waals surface area (Å²) in [6.07, 6.45) is 0.0700. The highest BCUT2D eigenvalue weighted by Crippen LogP contribution is 2.25. The van der Waals surface area contributed by atoms with E-state index in [0.717, 1.165) is 5.56 Å². The molecule has 1 saturated heterocycles. The molecular weight excluding hydrogens is 355 g/mol. The van der Waals surface area contributed by atoms with Crippen molar-refractivity contribution in [3.8, 4) is 0 Å². The Morgan fingerprint density at radius 3 is 2.23 bits per heavy atom. The normalized spacial score (nSPS) is 17.8.